The van der Waals surface area contributed by atoms with Gasteiger partial charge in [-0.05, 0) is 50.5 Å². The van der Waals surface area contributed by atoms with E-state index in [1.54, 1.807) is 0 Å². The summed E-state index contributed by atoms with van der Waals surface area (Å²) in [6, 6.07) is 2.38. The monoisotopic (exact) mass is 330 g/mol. The van der Waals surface area contributed by atoms with Crippen molar-refractivity contribution in [1.82, 2.24) is 20.2 Å². The van der Waals surface area contributed by atoms with E-state index >= 15 is 0 Å². The number of ether oxygens (including phenoxy) is 1. The molecule has 1 atom stereocenters. The van der Waals surface area contributed by atoms with Gasteiger partial charge in [-0.2, -0.15) is 0 Å². The number of nitrogens with zero attached hydrogens (tertiary/aromatic N) is 3. The molecular formula is C18H26N4O2. The van der Waals surface area contributed by atoms with Crippen LogP contribution in [0.5, 0.6) is 0 Å². The molecule has 1 spiro atoms. The number of hydrogen-bond acceptors (Lipinski definition) is 4. The van der Waals surface area contributed by atoms with Crippen molar-refractivity contribution in [3.63, 3.8) is 0 Å². The van der Waals surface area contributed by atoms with Gasteiger partial charge in [-0.15, -0.1) is 0 Å². The van der Waals surface area contributed by atoms with Crippen molar-refractivity contribution in [2.24, 2.45) is 5.41 Å². The van der Waals surface area contributed by atoms with Crippen LogP contribution in [0.3, 0.4) is 0 Å². The molecule has 2 amide bonds. The third-order valence-corrected chi connectivity index (χ3v) is 5.94. The van der Waals surface area contributed by atoms with Crippen molar-refractivity contribution in [3.8, 4) is 0 Å². The van der Waals surface area contributed by atoms with Crippen molar-refractivity contribution in [2.45, 2.75) is 51.0 Å². The van der Waals surface area contributed by atoms with Gasteiger partial charge in [0.2, 0.25) is 0 Å². The number of aromatic nitrogens is 2. The largest absolute Gasteiger partial charge is 0.381 e. The third-order valence-electron chi connectivity index (χ3n) is 5.94. The second-order valence-electron chi connectivity index (χ2n) is 7.50. The Labute approximate surface area is 143 Å². The molecule has 1 saturated carbocycles. The maximum absolute atomic E-state index is 12.5. The Hall–Kier alpha value is -1.69. The Morgan fingerprint density at radius 1 is 1.33 bits per heavy atom. The van der Waals surface area contributed by atoms with Crippen LogP contribution in [0.4, 0.5) is 4.79 Å². The lowest BCUT2D eigenvalue weighted by Gasteiger charge is -2.32. The Morgan fingerprint density at radius 3 is 2.79 bits per heavy atom. The summed E-state index contributed by atoms with van der Waals surface area (Å²) in [5.41, 5.74) is 1.34. The van der Waals surface area contributed by atoms with Crippen LogP contribution in [0.25, 0.3) is 0 Å². The van der Waals surface area contributed by atoms with Crippen LogP contribution >= 0.6 is 0 Å². The number of amides is 2. The van der Waals surface area contributed by atoms with Crippen molar-refractivity contribution >= 4 is 6.03 Å². The molecule has 3 aliphatic rings. The normalized spacial score (nSPS) is 26.4. The van der Waals surface area contributed by atoms with E-state index in [-0.39, 0.29) is 6.03 Å². The molecule has 0 radical (unpaired) electrons. The van der Waals surface area contributed by atoms with E-state index < -0.39 is 0 Å². The molecule has 0 bridgehead atoms. The molecule has 1 aromatic heterocycles. The maximum atomic E-state index is 12.5. The molecule has 4 rings (SSSR count). The number of carbonyl (C=O) groups excluding carboxylic acids is 1. The highest BCUT2D eigenvalue weighted by Gasteiger charge is 2.55. The Kier molecular flexibility index (Phi) is 4.16. The lowest BCUT2D eigenvalue weighted by molar-refractivity contribution is 0.0543. The number of aryl methyl sites for hydroxylation is 1. The fourth-order valence-electron chi connectivity index (χ4n) is 4.13. The Bertz CT molecular complexity index is 607. The van der Waals surface area contributed by atoms with E-state index in [2.05, 4.69) is 15.3 Å². The van der Waals surface area contributed by atoms with E-state index in [1.165, 1.54) is 0 Å². The summed E-state index contributed by atoms with van der Waals surface area (Å²) in [5.74, 6) is 1.30. The first kappa shape index (κ1) is 15.8. The van der Waals surface area contributed by atoms with Gasteiger partial charge in [0.25, 0.3) is 0 Å². The average molecular weight is 330 g/mol. The molecule has 1 aromatic rings. The fraction of sp³-hybridized carbons (Fsp3) is 0.722. The molecule has 2 aliphatic heterocycles. The number of carbonyl (C=O) groups is 1. The second-order valence-corrected chi connectivity index (χ2v) is 7.50. The zero-order valence-corrected chi connectivity index (χ0v) is 14.3. The molecule has 3 heterocycles. The summed E-state index contributed by atoms with van der Waals surface area (Å²) in [5, 5.41) is 3.25. The minimum atomic E-state index is 0.104. The first-order chi connectivity index (χ1) is 11.7. The van der Waals surface area contributed by atoms with Crippen molar-refractivity contribution in [2.75, 3.05) is 26.3 Å². The van der Waals surface area contributed by atoms with Crippen LogP contribution in [0.15, 0.2) is 12.3 Å². The quantitative estimate of drug-likeness (QED) is 0.903. The van der Waals surface area contributed by atoms with Gasteiger partial charge in [-0.3, -0.25) is 0 Å². The summed E-state index contributed by atoms with van der Waals surface area (Å²) in [6.45, 7) is 5.26. The van der Waals surface area contributed by atoms with Crippen LogP contribution in [0, 0.1) is 12.3 Å². The zero-order valence-electron chi connectivity index (χ0n) is 14.3. The number of piperidine rings is 1. The highest BCUT2D eigenvalue weighted by molar-refractivity contribution is 5.75. The number of nitrogens with one attached hydrogen (secondary N) is 1. The van der Waals surface area contributed by atoms with Crippen LogP contribution < -0.4 is 5.32 Å². The minimum Gasteiger partial charge on any atom is -0.381 e. The lowest BCUT2D eigenvalue weighted by Crippen LogP contribution is -2.46. The highest BCUT2D eigenvalue weighted by Crippen LogP contribution is 2.53. The number of likely N-dealkylation sites (tertiary alicyclic amines) is 1. The van der Waals surface area contributed by atoms with E-state index in [4.69, 9.17) is 4.74 Å². The van der Waals surface area contributed by atoms with Gasteiger partial charge < -0.3 is 15.0 Å². The van der Waals surface area contributed by atoms with Crippen LogP contribution in [0.1, 0.15) is 49.5 Å². The predicted molar refractivity (Wildman–Crippen MR) is 89.7 cm³/mol. The van der Waals surface area contributed by atoms with Crippen molar-refractivity contribution < 1.29 is 9.53 Å². The third kappa shape index (κ3) is 3.11. The second kappa shape index (κ2) is 6.31. The number of urea groups is 1. The lowest BCUT2D eigenvalue weighted by atomic mass is 9.95. The molecular weight excluding hydrogens is 304 g/mol. The molecule has 24 heavy (non-hydrogen) atoms. The molecule has 3 fully saturated rings. The molecule has 1 N–H and O–H groups in total. The molecule has 130 valence electrons. The van der Waals surface area contributed by atoms with Gasteiger partial charge >= 0.3 is 6.03 Å². The maximum Gasteiger partial charge on any atom is 0.317 e. The van der Waals surface area contributed by atoms with Gasteiger partial charge in [-0.1, -0.05) is 0 Å². The SMILES string of the molecule is Cc1ccnc(C2CCN(C(=O)NC3CC34CCOCC4)CC2)n1. The fourth-order valence-corrected chi connectivity index (χ4v) is 4.13. The van der Waals surface area contributed by atoms with Crippen LogP contribution in [-0.4, -0.2) is 53.2 Å². The molecule has 6 heteroatoms. The first-order valence-corrected chi connectivity index (χ1v) is 9.09. The van der Waals surface area contributed by atoms with Gasteiger partial charge in [0.15, 0.2) is 0 Å². The first-order valence-electron chi connectivity index (χ1n) is 9.09. The highest BCUT2D eigenvalue weighted by atomic mass is 16.5. The smallest absolute Gasteiger partial charge is 0.317 e. The zero-order chi connectivity index (χ0) is 16.6. The standard InChI is InChI=1S/C18H26N4O2/c1-13-2-7-19-16(20-13)14-3-8-22(9-4-14)17(23)21-15-12-18(15)5-10-24-11-6-18/h2,7,14-15H,3-6,8-12H2,1H3,(H,21,23). The van der Waals surface area contributed by atoms with E-state index in [0.717, 1.165) is 69.9 Å². The molecule has 1 aliphatic carbocycles. The topological polar surface area (TPSA) is 67.4 Å². The Morgan fingerprint density at radius 2 is 2.08 bits per heavy atom. The number of hydrogen-bond donors (Lipinski definition) is 1. The molecule has 2 saturated heterocycles. The minimum absolute atomic E-state index is 0.104. The molecule has 0 aromatic carbocycles. The van der Waals surface area contributed by atoms with Gasteiger partial charge in [-0.25, -0.2) is 14.8 Å². The van der Waals surface area contributed by atoms with Gasteiger partial charge in [0, 0.05) is 50.2 Å². The Balaban J connectivity index is 1.27. The van der Waals surface area contributed by atoms with Gasteiger partial charge in [0.05, 0.1) is 0 Å². The van der Waals surface area contributed by atoms with E-state index in [0.29, 0.717) is 17.4 Å². The molecule has 6 nitrogen and oxygen atoms in total. The predicted octanol–water partition coefficient (Wildman–Crippen LogP) is 2.24. The summed E-state index contributed by atoms with van der Waals surface area (Å²) in [6.07, 6.45) is 7.02. The molecule has 1 unspecified atom stereocenters. The van der Waals surface area contributed by atoms with E-state index in [1.807, 2.05) is 24.1 Å². The summed E-state index contributed by atoms with van der Waals surface area (Å²) in [7, 11) is 0. The van der Waals surface area contributed by atoms with Crippen molar-refractivity contribution in [3.05, 3.63) is 23.8 Å². The van der Waals surface area contributed by atoms with Crippen molar-refractivity contribution in [1.29, 1.82) is 0 Å². The number of rotatable bonds is 2. The van der Waals surface area contributed by atoms with Gasteiger partial charge in [0.1, 0.15) is 5.82 Å². The van der Waals surface area contributed by atoms with Crippen LogP contribution in [-0.2, 0) is 4.74 Å². The average Bonchev–Trinajstić information content (AvgIpc) is 3.26. The summed E-state index contributed by atoms with van der Waals surface area (Å²) in [4.78, 5) is 23.4. The van der Waals surface area contributed by atoms with E-state index in [9.17, 15) is 4.79 Å². The summed E-state index contributed by atoms with van der Waals surface area (Å²) < 4.78 is 5.44. The summed E-state index contributed by atoms with van der Waals surface area (Å²) >= 11 is 0. The van der Waals surface area contributed by atoms with Crippen LogP contribution in [0.2, 0.25) is 0 Å².